The normalized spacial score (nSPS) is 12.6. The lowest BCUT2D eigenvalue weighted by molar-refractivity contribution is 0.227. The molecule has 3 nitrogen and oxygen atoms in total. The van der Waals surface area contributed by atoms with Crippen molar-refractivity contribution in [3.63, 3.8) is 0 Å². The van der Waals surface area contributed by atoms with Crippen LogP contribution in [-0.2, 0) is 6.54 Å². The lowest BCUT2D eigenvalue weighted by Gasteiger charge is -2.19. The van der Waals surface area contributed by atoms with Crippen molar-refractivity contribution in [2.24, 2.45) is 0 Å². The molecule has 0 aromatic heterocycles. The molecule has 1 atom stereocenters. The third-order valence-corrected chi connectivity index (χ3v) is 3.14. The Balaban J connectivity index is 3.01. The van der Waals surface area contributed by atoms with E-state index in [1.807, 2.05) is 19.9 Å². The van der Waals surface area contributed by atoms with E-state index in [1.165, 1.54) is 0 Å². The van der Waals surface area contributed by atoms with Gasteiger partial charge in [-0.3, -0.25) is 0 Å². The van der Waals surface area contributed by atoms with Crippen LogP contribution in [0.3, 0.4) is 0 Å². The predicted molar refractivity (Wildman–Crippen MR) is 80.4 cm³/mol. The van der Waals surface area contributed by atoms with Crippen LogP contribution >= 0.6 is 11.6 Å². The lowest BCUT2D eigenvalue weighted by Crippen LogP contribution is -2.25. The Morgan fingerprint density at radius 3 is 2.47 bits per heavy atom. The Morgan fingerprint density at radius 2 is 1.95 bits per heavy atom. The predicted octanol–water partition coefficient (Wildman–Crippen LogP) is 4.02. The maximum atomic E-state index is 6.12. The first-order chi connectivity index (χ1) is 8.97. The average molecular weight is 286 g/mol. The lowest BCUT2D eigenvalue weighted by atomic mass is 10.1. The zero-order valence-electron chi connectivity index (χ0n) is 12.4. The monoisotopic (exact) mass is 285 g/mol. The van der Waals surface area contributed by atoms with E-state index < -0.39 is 0 Å². The highest BCUT2D eigenvalue weighted by Crippen LogP contribution is 2.35. The van der Waals surface area contributed by atoms with Crippen LogP contribution < -0.4 is 14.8 Å². The maximum Gasteiger partial charge on any atom is 0.166 e. The van der Waals surface area contributed by atoms with Gasteiger partial charge in [-0.05, 0) is 33.3 Å². The summed E-state index contributed by atoms with van der Waals surface area (Å²) in [6.07, 6.45) is 1.18. The van der Waals surface area contributed by atoms with E-state index in [0.717, 1.165) is 17.7 Å². The minimum atomic E-state index is 0.0948. The van der Waals surface area contributed by atoms with Gasteiger partial charge in [-0.2, -0.15) is 0 Å². The number of ether oxygens (including phenoxy) is 2. The molecule has 0 aliphatic rings. The second kappa shape index (κ2) is 7.61. The van der Waals surface area contributed by atoms with Gasteiger partial charge in [-0.15, -0.1) is 0 Å². The number of nitrogens with one attached hydrogen (secondary N) is 1. The van der Waals surface area contributed by atoms with E-state index in [4.69, 9.17) is 21.1 Å². The summed E-state index contributed by atoms with van der Waals surface area (Å²) in [5, 5.41) is 4.11. The van der Waals surface area contributed by atoms with E-state index in [-0.39, 0.29) is 6.10 Å². The van der Waals surface area contributed by atoms with Crippen molar-refractivity contribution in [3.8, 4) is 11.5 Å². The number of halogens is 1. The smallest absolute Gasteiger partial charge is 0.166 e. The summed E-state index contributed by atoms with van der Waals surface area (Å²) in [4.78, 5) is 0. The van der Waals surface area contributed by atoms with Gasteiger partial charge in [0.2, 0.25) is 0 Å². The van der Waals surface area contributed by atoms with Gasteiger partial charge < -0.3 is 14.8 Å². The fourth-order valence-electron chi connectivity index (χ4n) is 1.70. The van der Waals surface area contributed by atoms with Crippen LogP contribution in [0.25, 0.3) is 0 Å². The molecule has 0 aliphatic heterocycles. The van der Waals surface area contributed by atoms with Gasteiger partial charge in [0.25, 0.3) is 0 Å². The fourth-order valence-corrected chi connectivity index (χ4v) is 1.93. The van der Waals surface area contributed by atoms with E-state index in [0.29, 0.717) is 23.4 Å². The highest BCUT2D eigenvalue weighted by molar-refractivity contribution is 6.30. The standard InChI is InChI=1S/C15H24ClNO2/c1-6-11(4)17-9-12-7-13(16)8-14(18-5)15(12)19-10(2)3/h7-8,10-11,17H,6,9H2,1-5H3/t11-/m1/s1. The van der Waals surface area contributed by atoms with Gasteiger partial charge in [-0.25, -0.2) is 0 Å². The van der Waals surface area contributed by atoms with E-state index in [1.54, 1.807) is 13.2 Å². The number of hydrogen-bond acceptors (Lipinski definition) is 3. The molecular weight excluding hydrogens is 262 g/mol. The third kappa shape index (κ3) is 4.92. The minimum absolute atomic E-state index is 0.0948. The molecule has 108 valence electrons. The first-order valence-corrected chi connectivity index (χ1v) is 7.12. The molecular formula is C15H24ClNO2. The number of methoxy groups -OCH3 is 1. The highest BCUT2D eigenvalue weighted by atomic mass is 35.5. The Kier molecular flexibility index (Phi) is 6.46. The molecule has 0 aliphatic carbocycles. The van der Waals surface area contributed by atoms with Crippen molar-refractivity contribution in [2.45, 2.75) is 52.8 Å². The molecule has 0 radical (unpaired) electrons. The molecule has 0 spiro atoms. The van der Waals surface area contributed by atoms with Gasteiger partial charge in [0.15, 0.2) is 11.5 Å². The zero-order chi connectivity index (χ0) is 14.4. The highest BCUT2D eigenvalue weighted by Gasteiger charge is 2.14. The first-order valence-electron chi connectivity index (χ1n) is 6.74. The summed E-state index contributed by atoms with van der Waals surface area (Å²) in [6, 6.07) is 4.17. The topological polar surface area (TPSA) is 30.5 Å². The molecule has 0 saturated carbocycles. The summed E-state index contributed by atoms with van der Waals surface area (Å²) < 4.78 is 11.2. The largest absolute Gasteiger partial charge is 0.493 e. The van der Waals surface area contributed by atoms with E-state index in [2.05, 4.69) is 19.2 Å². The van der Waals surface area contributed by atoms with Gasteiger partial charge in [0, 0.05) is 29.2 Å². The molecule has 0 saturated heterocycles. The molecule has 1 rings (SSSR count). The van der Waals surface area contributed by atoms with Crippen molar-refractivity contribution in [3.05, 3.63) is 22.7 Å². The van der Waals surface area contributed by atoms with Crippen LogP contribution in [0.15, 0.2) is 12.1 Å². The maximum absolute atomic E-state index is 6.12. The molecule has 1 N–H and O–H groups in total. The molecule has 4 heteroatoms. The average Bonchev–Trinajstić information content (AvgIpc) is 2.37. The summed E-state index contributed by atoms with van der Waals surface area (Å²) in [5.41, 5.74) is 1.03. The van der Waals surface area contributed by atoms with Crippen LogP contribution in [0.4, 0.5) is 0 Å². The summed E-state index contributed by atoms with van der Waals surface area (Å²) in [6.45, 7) is 9.03. The van der Waals surface area contributed by atoms with Gasteiger partial charge in [-0.1, -0.05) is 18.5 Å². The van der Waals surface area contributed by atoms with Crippen molar-refractivity contribution < 1.29 is 9.47 Å². The van der Waals surface area contributed by atoms with E-state index >= 15 is 0 Å². The Hall–Kier alpha value is -0.930. The Labute approximate surface area is 121 Å². The van der Waals surface area contributed by atoms with Crippen LogP contribution in [0.2, 0.25) is 5.02 Å². The number of rotatable bonds is 7. The van der Waals surface area contributed by atoms with Gasteiger partial charge in [0.1, 0.15) is 0 Å². The SMILES string of the molecule is CC[C@@H](C)NCc1cc(Cl)cc(OC)c1OC(C)C. The molecule has 1 aromatic rings. The molecule has 1 aromatic carbocycles. The Bertz CT molecular complexity index is 407. The molecule has 0 amide bonds. The summed E-state index contributed by atoms with van der Waals surface area (Å²) in [5.74, 6) is 1.46. The van der Waals surface area contributed by atoms with Crippen LogP contribution in [0, 0.1) is 0 Å². The summed E-state index contributed by atoms with van der Waals surface area (Å²) >= 11 is 6.12. The van der Waals surface area contributed by atoms with Crippen molar-refractivity contribution in [2.75, 3.05) is 7.11 Å². The number of hydrogen-bond donors (Lipinski definition) is 1. The molecule has 0 heterocycles. The fraction of sp³-hybridized carbons (Fsp3) is 0.600. The van der Waals surface area contributed by atoms with Gasteiger partial charge in [0.05, 0.1) is 13.2 Å². The minimum Gasteiger partial charge on any atom is -0.493 e. The molecule has 0 fully saturated rings. The van der Waals surface area contributed by atoms with Crippen LogP contribution in [0.5, 0.6) is 11.5 Å². The van der Waals surface area contributed by atoms with Crippen LogP contribution in [-0.4, -0.2) is 19.3 Å². The van der Waals surface area contributed by atoms with Crippen molar-refractivity contribution in [1.82, 2.24) is 5.32 Å². The third-order valence-electron chi connectivity index (χ3n) is 2.92. The Morgan fingerprint density at radius 1 is 1.26 bits per heavy atom. The summed E-state index contributed by atoms with van der Waals surface area (Å²) in [7, 11) is 1.63. The molecule has 19 heavy (non-hydrogen) atoms. The molecule has 0 bridgehead atoms. The van der Waals surface area contributed by atoms with E-state index in [9.17, 15) is 0 Å². The first kappa shape index (κ1) is 16.1. The second-order valence-electron chi connectivity index (χ2n) is 4.95. The van der Waals surface area contributed by atoms with Crippen LogP contribution in [0.1, 0.15) is 39.7 Å². The van der Waals surface area contributed by atoms with Crippen molar-refractivity contribution in [1.29, 1.82) is 0 Å². The quantitative estimate of drug-likeness (QED) is 0.821. The number of benzene rings is 1. The van der Waals surface area contributed by atoms with Crippen molar-refractivity contribution >= 4 is 11.6 Å². The second-order valence-corrected chi connectivity index (χ2v) is 5.39. The molecule has 0 unspecified atom stereocenters. The zero-order valence-corrected chi connectivity index (χ0v) is 13.2. The van der Waals surface area contributed by atoms with Gasteiger partial charge >= 0.3 is 0 Å².